The van der Waals surface area contributed by atoms with Crippen molar-refractivity contribution >= 4 is 11.9 Å². The van der Waals surface area contributed by atoms with E-state index in [0.717, 1.165) is 45.3 Å². The molecule has 2 saturated heterocycles. The Balaban J connectivity index is 1.89. The normalized spacial score (nSPS) is 27.9. The molecule has 1 N–H and O–H groups in total. The lowest BCUT2D eigenvalue weighted by Crippen LogP contribution is -2.48. The Morgan fingerprint density at radius 2 is 2.05 bits per heavy atom. The number of nitrogens with zero attached hydrogens (tertiary/aromatic N) is 1. The summed E-state index contributed by atoms with van der Waals surface area (Å²) in [5, 5.41) is 3.27. The van der Waals surface area contributed by atoms with Crippen molar-refractivity contribution in [2.75, 3.05) is 32.8 Å². The van der Waals surface area contributed by atoms with Crippen LogP contribution in [0.15, 0.2) is 0 Å². The van der Waals surface area contributed by atoms with E-state index in [4.69, 9.17) is 4.74 Å². The van der Waals surface area contributed by atoms with Crippen molar-refractivity contribution in [3.63, 3.8) is 0 Å². The van der Waals surface area contributed by atoms with Gasteiger partial charge in [-0.15, -0.1) is 0 Å². The van der Waals surface area contributed by atoms with Gasteiger partial charge in [0.1, 0.15) is 0 Å². The van der Waals surface area contributed by atoms with Gasteiger partial charge in [-0.05, 0) is 39.2 Å². The fourth-order valence-electron chi connectivity index (χ4n) is 2.95. The molecule has 1 amide bonds. The summed E-state index contributed by atoms with van der Waals surface area (Å²) in [6, 6.07) is 0. The summed E-state index contributed by atoms with van der Waals surface area (Å²) in [4.78, 5) is 26.0. The Hall–Kier alpha value is -1.10. The molecule has 0 spiro atoms. The average Bonchev–Trinajstić information content (AvgIpc) is 2.48. The molecular formula is C14H24N2O3. The predicted molar refractivity (Wildman–Crippen MR) is 71.5 cm³/mol. The number of likely N-dealkylation sites (tertiary alicyclic amines) is 1. The molecule has 2 heterocycles. The van der Waals surface area contributed by atoms with E-state index in [9.17, 15) is 9.59 Å². The van der Waals surface area contributed by atoms with Crippen molar-refractivity contribution in [1.29, 1.82) is 0 Å². The summed E-state index contributed by atoms with van der Waals surface area (Å²) in [5.74, 6) is 0.0202. The van der Waals surface area contributed by atoms with Crippen LogP contribution in [0.3, 0.4) is 0 Å². The van der Waals surface area contributed by atoms with Gasteiger partial charge in [0.2, 0.25) is 5.91 Å². The van der Waals surface area contributed by atoms with Crippen molar-refractivity contribution < 1.29 is 14.3 Å². The van der Waals surface area contributed by atoms with E-state index in [1.165, 1.54) is 0 Å². The second kappa shape index (κ2) is 6.89. The highest BCUT2D eigenvalue weighted by atomic mass is 16.5. The number of ether oxygens (including phenoxy) is 1. The van der Waals surface area contributed by atoms with Crippen LogP contribution in [0.5, 0.6) is 0 Å². The third-order valence-electron chi connectivity index (χ3n) is 4.00. The van der Waals surface area contributed by atoms with E-state index in [2.05, 4.69) is 5.32 Å². The molecule has 2 unspecified atom stereocenters. The van der Waals surface area contributed by atoms with Crippen molar-refractivity contribution in [3.8, 4) is 0 Å². The lowest BCUT2D eigenvalue weighted by Gasteiger charge is -2.35. The Kier molecular flexibility index (Phi) is 5.19. The van der Waals surface area contributed by atoms with Gasteiger partial charge in [0.25, 0.3) is 0 Å². The van der Waals surface area contributed by atoms with Crippen LogP contribution in [0.1, 0.15) is 32.6 Å². The van der Waals surface area contributed by atoms with E-state index in [0.29, 0.717) is 13.2 Å². The number of carbonyl (C=O) groups excluding carboxylic acids is 2. The fraction of sp³-hybridized carbons (Fsp3) is 0.857. The number of piperidine rings is 2. The van der Waals surface area contributed by atoms with Crippen molar-refractivity contribution in [2.45, 2.75) is 32.6 Å². The summed E-state index contributed by atoms with van der Waals surface area (Å²) < 4.78 is 5.07. The lowest BCUT2D eigenvalue weighted by molar-refractivity contribution is -0.152. The molecule has 2 rings (SSSR count). The van der Waals surface area contributed by atoms with Crippen LogP contribution in [0.4, 0.5) is 0 Å². The largest absolute Gasteiger partial charge is 0.466 e. The monoisotopic (exact) mass is 268 g/mol. The molecule has 0 bridgehead atoms. The van der Waals surface area contributed by atoms with Gasteiger partial charge in [-0.3, -0.25) is 9.59 Å². The minimum atomic E-state index is -0.151. The highest BCUT2D eigenvalue weighted by Gasteiger charge is 2.32. The molecule has 0 radical (unpaired) electrons. The predicted octanol–water partition coefficient (Wildman–Crippen LogP) is 0.788. The van der Waals surface area contributed by atoms with Gasteiger partial charge in [0, 0.05) is 19.6 Å². The molecule has 0 saturated carbocycles. The maximum Gasteiger partial charge on any atom is 0.310 e. The first-order valence-electron chi connectivity index (χ1n) is 7.38. The van der Waals surface area contributed by atoms with E-state index >= 15 is 0 Å². The van der Waals surface area contributed by atoms with Crippen LogP contribution in [-0.4, -0.2) is 49.6 Å². The van der Waals surface area contributed by atoms with Gasteiger partial charge in [-0.1, -0.05) is 0 Å². The summed E-state index contributed by atoms with van der Waals surface area (Å²) in [6.45, 7) is 5.33. The number of amides is 1. The lowest BCUT2D eigenvalue weighted by atomic mass is 9.94. The average molecular weight is 268 g/mol. The van der Waals surface area contributed by atoms with Gasteiger partial charge in [-0.25, -0.2) is 0 Å². The molecule has 2 atom stereocenters. The number of esters is 1. The van der Waals surface area contributed by atoms with Gasteiger partial charge in [-0.2, -0.15) is 0 Å². The molecule has 2 aliphatic rings. The third kappa shape index (κ3) is 3.69. The Morgan fingerprint density at radius 3 is 2.74 bits per heavy atom. The van der Waals surface area contributed by atoms with Crippen molar-refractivity contribution in [3.05, 3.63) is 0 Å². The third-order valence-corrected chi connectivity index (χ3v) is 4.00. The summed E-state index contributed by atoms with van der Waals surface area (Å²) in [6.07, 6.45) is 3.76. The smallest absolute Gasteiger partial charge is 0.310 e. The fourth-order valence-corrected chi connectivity index (χ4v) is 2.95. The first-order valence-corrected chi connectivity index (χ1v) is 7.38. The molecule has 19 heavy (non-hydrogen) atoms. The van der Waals surface area contributed by atoms with Gasteiger partial charge in [0.15, 0.2) is 0 Å². The van der Waals surface area contributed by atoms with Crippen molar-refractivity contribution in [2.24, 2.45) is 11.8 Å². The molecule has 2 aliphatic heterocycles. The van der Waals surface area contributed by atoms with Crippen LogP contribution in [0, 0.1) is 11.8 Å². The minimum Gasteiger partial charge on any atom is -0.466 e. The van der Waals surface area contributed by atoms with E-state index in [1.807, 2.05) is 11.8 Å². The topological polar surface area (TPSA) is 58.6 Å². The Bertz CT molecular complexity index is 327. The molecule has 108 valence electrons. The van der Waals surface area contributed by atoms with Gasteiger partial charge >= 0.3 is 5.97 Å². The van der Waals surface area contributed by atoms with Crippen LogP contribution in [-0.2, 0) is 14.3 Å². The zero-order valence-corrected chi connectivity index (χ0v) is 11.7. The summed E-state index contributed by atoms with van der Waals surface area (Å²) in [7, 11) is 0. The SMILES string of the molecule is CCOC(=O)C1CCCN(C(=O)C2CCCNC2)C1. The van der Waals surface area contributed by atoms with Crippen LogP contribution >= 0.6 is 0 Å². The number of rotatable bonds is 3. The van der Waals surface area contributed by atoms with Crippen LogP contribution < -0.4 is 5.32 Å². The van der Waals surface area contributed by atoms with E-state index in [1.54, 1.807) is 0 Å². The van der Waals surface area contributed by atoms with Crippen LogP contribution in [0.2, 0.25) is 0 Å². The molecule has 5 heteroatoms. The molecule has 2 fully saturated rings. The van der Waals surface area contributed by atoms with Crippen molar-refractivity contribution in [1.82, 2.24) is 10.2 Å². The zero-order chi connectivity index (χ0) is 13.7. The number of hydrogen-bond acceptors (Lipinski definition) is 4. The first-order chi connectivity index (χ1) is 9.22. The van der Waals surface area contributed by atoms with Gasteiger partial charge in [0.05, 0.1) is 18.4 Å². The highest BCUT2D eigenvalue weighted by molar-refractivity contribution is 5.80. The highest BCUT2D eigenvalue weighted by Crippen LogP contribution is 2.21. The van der Waals surface area contributed by atoms with E-state index < -0.39 is 0 Å². The molecule has 0 aromatic rings. The second-order valence-corrected chi connectivity index (χ2v) is 5.42. The Labute approximate surface area is 114 Å². The number of hydrogen-bond donors (Lipinski definition) is 1. The van der Waals surface area contributed by atoms with Crippen LogP contribution in [0.25, 0.3) is 0 Å². The first kappa shape index (κ1) is 14.3. The Morgan fingerprint density at radius 1 is 1.26 bits per heavy atom. The zero-order valence-electron chi connectivity index (χ0n) is 11.7. The number of carbonyl (C=O) groups is 2. The maximum atomic E-state index is 12.4. The molecule has 0 aliphatic carbocycles. The summed E-state index contributed by atoms with van der Waals surface area (Å²) >= 11 is 0. The minimum absolute atomic E-state index is 0.0923. The summed E-state index contributed by atoms with van der Waals surface area (Å²) in [5.41, 5.74) is 0. The van der Waals surface area contributed by atoms with E-state index in [-0.39, 0.29) is 23.7 Å². The standard InChI is InChI=1S/C14H24N2O3/c1-2-19-14(18)12-6-4-8-16(10-12)13(17)11-5-3-7-15-9-11/h11-12,15H,2-10H2,1H3. The molecule has 5 nitrogen and oxygen atoms in total. The van der Waals surface area contributed by atoms with Gasteiger partial charge < -0.3 is 15.0 Å². The molecular weight excluding hydrogens is 244 g/mol. The molecule has 0 aromatic carbocycles. The molecule has 0 aromatic heterocycles. The second-order valence-electron chi connectivity index (χ2n) is 5.42. The maximum absolute atomic E-state index is 12.4. The number of nitrogens with one attached hydrogen (secondary N) is 1. The quantitative estimate of drug-likeness (QED) is 0.769.